The van der Waals surface area contributed by atoms with E-state index in [9.17, 15) is 9.18 Å². The largest absolute Gasteiger partial charge is 0.308 e. The van der Waals surface area contributed by atoms with Crippen LogP contribution in [0.2, 0.25) is 0 Å². The van der Waals surface area contributed by atoms with Gasteiger partial charge in [0.05, 0.1) is 6.42 Å². The zero-order valence-electron chi connectivity index (χ0n) is 13.6. The molecule has 4 nitrogen and oxygen atoms in total. The lowest BCUT2D eigenvalue weighted by Gasteiger charge is -2.08. The number of nitrogens with one attached hydrogen (secondary N) is 2. The molecular weight excluding hydrogens is 305 g/mol. The van der Waals surface area contributed by atoms with Gasteiger partial charge in [-0.3, -0.25) is 9.89 Å². The van der Waals surface area contributed by atoms with Gasteiger partial charge in [-0.15, -0.1) is 0 Å². The summed E-state index contributed by atoms with van der Waals surface area (Å²) in [6.45, 7) is 3.91. The quantitative estimate of drug-likeness (QED) is 0.762. The van der Waals surface area contributed by atoms with Crippen molar-refractivity contribution in [2.75, 3.05) is 5.32 Å². The highest BCUT2D eigenvalue weighted by Gasteiger charge is 2.16. The summed E-state index contributed by atoms with van der Waals surface area (Å²) < 4.78 is 13.7. The molecule has 24 heavy (non-hydrogen) atoms. The predicted octanol–water partition coefficient (Wildman–Crippen LogP) is 4.01. The molecule has 0 saturated heterocycles. The van der Waals surface area contributed by atoms with Crippen LogP contribution < -0.4 is 5.32 Å². The Balaban J connectivity index is 1.84. The first-order valence-corrected chi connectivity index (χ1v) is 7.70. The van der Waals surface area contributed by atoms with E-state index in [1.54, 1.807) is 18.2 Å². The number of rotatable bonds is 4. The molecule has 0 bridgehead atoms. The Morgan fingerprint density at radius 2 is 1.96 bits per heavy atom. The molecule has 1 amide bonds. The third-order valence-electron chi connectivity index (χ3n) is 3.82. The van der Waals surface area contributed by atoms with Crippen molar-refractivity contribution in [1.29, 1.82) is 0 Å². The van der Waals surface area contributed by atoms with Crippen LogP contribution in [0.15, 0.2) is 48.5 Å². The zero-order chi connectivity index (χ0) is 17.1. The number of aromatic amines is 1. The number of carbonyl (C=O) groups excluding carboxylic acids is 1. The summed E-state index contributed by atoms with van der Waals surface area (Å²) in [5.41, 5.74) is 4.17. The van der Waals surface area contributed by atoms with Crippen LogP contribution in [0, 0.1) is 19.7 Å². The Labute approximate surface area is 139 Å². The SMILES string of the molecule is Cc1cccc(-c2c(NC(=O)Cc3ccccc3F)n[nH]c2C)c1. The average molecular weight is 323 g/mol. The van der Waals surface area contributed by atoms with Crippen LogP contribution in [-0.2, 0) is 11.2 Å². The lowest BCUT2D eigenvalue weighted by atomic mass is 10.0. The molecule has 3 rings (SSSR count). The fourth-order valence-corrected chi connectivity index (χ4v) is 2.66. The molecule has 0 unspecified atom stereocenters. The third kappa shape index (κ3) is 3.35. The Bertz CT molecular complexity index is 886. The van der Waals surface area contributed by atoms with E-state index in [0.29, 0.717) is 11.4 Å². The molecule has 1 aromatic heterocycles. The Morgan fingerprint density at radius 1 is 1.17 bits per heavy atom. The lowest BCUT2D eigenvalue weighted by Crippen LogP contribution is -2.16. The number of hydrogen-bond acceptors (Lipinski definition) is 2. The van der Waals surface area contributed by atoms with Gasteiger partial charge in [-0.05, 0) is 31.0 Å². The van der Waals surface area contributed by atoms with Crippen molar-refractivity contribution in [3.8, 4) is 11.1 Å². The van der Waals surface area contributed by atoms with Crippen LogP contribution in [0.1, 0.15) is 16.8 Å². The number of aromatic nitrogens is 2. The van der Waals surface area contributed by atoms with Crippen molar-refractivity contribution in [2.45, 2.75) is 20.3 Å². The fraction of sp³-hybridized carbons (Fsp3) is 0.158. The van der Waals surface area contributed by atoms with Crippen LogP contribution in [0.5, 0.6) is 0 Å². The molecule has 0 aliphatic carbocycles. The van der Waals surface area contributed by atoms with E-state index < -0.39 is 0 Å². The second kappa shape index (κ2) is 6.66. The maximum absolute atomic E-state index is 13.7. The van der Waals surface area contributed by atoms with Crippen molar-refractivity contribution >= 4 is 11.7 Å². The molecule has 0 spiro atoms. The predicted molar refractivity (Wildman–Crippen MR) is 92.2 cm³/mol. The second-order valence-corrected chi connectivity index (χ2v) is 5.76. The summed E-state index contributed by atoms with van der Waals surface area (Å²) >= 11 is 0. The van der Waals surface area contributed by atoms with Gasteiger partial charge in [0.15, 0.2) is 5.82 Å². The maximum atomic E-state index is 13.7. The number of benzene rings is 2. The van der Waals surface area contributed by atoms with Crippen molar-refractivity contribution in [3.05, 3.63) is 71.2 Å². The van der Waals surface area contributed by atoms with E-state index in [1.165, 1.54) is 6.07 Å². The number of carbonyl (C=O) groups is 1. The Hall–Kier alpha value is -2.95. The molecule has 0 fully saturated rings. The van der Waals surface area contributed by atoms with E-state index in [0.717, 1.165) is 22.4 Å². The van der Waals surface area contributed by atoms with E-state index in [2.05, 4.69) is 15.5 Å². The van der Waals surface area contributed by atoms with Gasteiger partial charge in [-0.1, -0.05) is 48.0 Å². The highest BCUT2D eigenvalue weighted by atomic mass is 19.1. The van der Waals surface area contributed by atoms with E-state index in [-0.39, 0.29) is 18.1 Å². The van der Waals surface area contributed by atoms with Crippen LogP contribution >= 0.6 is 0 Å². The van der Waals surface area contributed by atoms with Gasteiger partial charge in [0.2, 0.25) is 5.91 Å². The Kier molecular flexibility index (Phi) is 4.42. The summed E-state index contributed by atoms with van der Waals surface area (Å²) in [7, 11) is 0. The van der Waals surface area contributed by atoms with Crippen LogP contribution in [0.3, 0.4) is 0 Å². The minimum atomic E-state index is -0.384. The van der Waals surface area contributed by atoms with Gasteiger partial charge in [-0.2, -0.15) is 5.10 Å². The first-order chi connectivity index (χ1) is 11.5. The number of anilines is 1. The monoisotopic (exact) mass is 323 g/mol. The average Bonchev–Trinajstić information content (AvgIpc) is 2.90. The van der Waals surface area contributed by atoms with Crippen LogP contribution in [-0.4, -0.2) is 16.1 Å². The van der Waals surface area contributed by atoms with Gasteiger partial charge < -0.3 is 5.32 Å². The van der Waals surface area contributed by atoms with Crippen molar-refractivity contribution in [3.63, 3.8) is 0 Å². The minimum absolute atomic E-state index is 0.0359. The first-order valence-electron chi connectivity index (χ1n) is 7.70. The van der Waals surface area contributed by atoms with Gasteiger partial charge in [-0.25, -0.2) is 4.39 Å². The molecule has 122 valence electrons. The smallest absolute Gasteiger partial charge is 0.230 e. The summed E-state index contributed by atoms with van der Waals surface area (Å²) in [5, 5.41) is 9.85. The van der Waals surface area contributed by atoms with E-state index >= 15 is 0 Å². The lowest BCUT2D eigenvalue weighted by molar-refractivity contribution is -0.115. The molecule has 0 saturated carbocycles. The molecular formula is C19H18FN3O. The maximum Gasteiger partial charge on any atom is 0.230 e. The summed E-state index contributed by atoms with van der Waals surface area (Å²) in [5.74, 6) is -0.232. The summed E-state index contributed by atoms with van der Waals surface area (Å²) in [6.07, 6.45) is -0.0359. The molecule has 1 heterocycles. The highest BCUT2D eigenvalue weighted by Crippen LogP contribution is 2.30. The molecule has 5 heteroatoms. The van der Waals surface area contributed by atoms with Gasteiger partial charge in [0.25, 0.3) is 0 Å². The molecule has 0 radical (unpaired) electrons. The fourth-order valence-electron chi connectivity index (χ4n) is 2.66. The Morgan fingerprint density at radius 3 is 2.71 bits per heavy atom. The zero-order valence-corrected chi connectivity index (χ0v) is 13.6. The molecule has 0 aliphatic heterocycles. The van der Waals surface area contributed by atoms with E-state index in [4.69, 9.17) is 0 Å². The van der Waals surface area contributed by atoms with Crippen molar-refractivity contribution < 1.29 is 9.18 Å². The highest BCUT2D eigenvalue weighted by molar-refractivity contribution is 5.95. The van der Waals surface area contributed by atoms with Crippen LogP contribution in [0.4, 0.5) is 10.2 Å². The first kappa shape index (κ1) is 15.9. The van der Waals surface area contributed by atoms with Crippen molar-refractivity contribution in [2.24, 2.45) is 0 Å². The standard InChI is InChI=1S/C19H18FN3O/c1-12-6-5-8-15(10-12)18-13(2)22-23-19(18)21-17(24)11-14-7-3-4-9-16(14)20/h3-10H,11H2,1-2H3,(H2,21,22,23,24). The minimum Gasteiger partial charge on any atom is -0.308 e. The topological polar surface area (TPSA) is 57.8 Å². The normalized spacial score (nSPS) is 10.6. The molecule has 2 N–H and O–H groups in total. The van der Waals surface area contributed by atoms with Crippen molar-refractivity contribution in [1.82, 2.24) is 10.2 Å². The van der Waals surface area contributed by atoms with Gasteiger partial charge >= 0.3 is 0 Å². The van der Waals surface area contributed by atoms with Gasteiger partial charge in [0.1, 0.15) is 5.82 Å². The van der Waals surface area contributed by atoms with Crippen LogP contribution in [0.25, 0.3) is 11.1 Å². The van der Waals surface area contributed by atoms with E-state index in [1.807, 2.05) is 38.1 Å². The molecule has 0 aliphatic rings. The van der Waals surface area contributed by atoms with Gasteiger partial charge in [0, 0.05) is 11.3 Å². The second-order valence-electron chi connectivity index (χ2n) is 5.76. The number of amides is 1. The molecule has 3 aromatic rings. The number of H-pyrrole nitrogens is 1. The molecule has 2 aromatic carbocycles. The number of aryl methyl sites for hydroxylation is 2. The summed E-state index contributed by atoms with van der Waals surface area (Å²) in [6, 6.07) is 14.2. The summed E-state index contributed by atoms with van der Waals surface area (Å²) in [4.78, 5) is 12.3. The third-order valence-corrected chi connectivity index (χ3v) is 3.82. The number of hydrogen-bond donors (Lipinski definition) is 2. The number of halogens is 1. The number of nitrogens with zero attached hydrogens (tertiary/aromatic N) is 1. The molecule has 0 atom stereocenters.